The predicted molar refractivity (Wildman–Crippen MR) is 60.9 cm³/mol. The van der Waals surface area contributed by atoms with Crippen LogP contribution in [0.1, 0.15) is 18.5 Å². The Balaban J connectivity index is 1.76. The number of thiazole rings is 1. The molecule has 6 heteroatoms. The molecule has 0 aliphatic carbocycles. The molecule has 1 fully saturated rings. The van der Waals surface area contributed by atoms with Gasteiger partial charge in [0.25, 0.3) is 0 Å². The highest BCUT2D eigenvalue weighted by Crippen LogP contribution is 2.18. The number of carbonyl (C=O) groups is 1. The van der Waals surface area contributed by atoms with E-state index in [2.05, 4.69) is 10.3 Å². The number of amides is 1. The summed E-state index contributed by atoms with van der Waals surface area (Å²) < 4.78 is 5.49. The number of hydrogen-bond donors (Lipinski definition) is 2. The van der Waals surface area contributed by atoms with Gasteiger partial charge in [0.2, 0.25) is 5.91 Å². The molecule has 5 nitrogen and oxygen atoms in total. The van der Waals surface area contributed by atoms with Crippen molar-refractivity contribution in [1.29, 1.82) is 0 Å². The predicted octanol–water partition coefficient (Wildman–Crippen LogP) is 0.266. The lowest BCUT2D eigenvalue weighted by Gasteiger charge is -2.11. The first-order chi connectivity index (χ1) is 7.79. The minimum atomic E-state index is -0.341. The van der Waals surface area contributed by atoms with Crippen LogP contribution in [0.4, 0.5) is 0 Å². The summed E-state index contributed by atoms with van der Waals surface area (Å²) in [5.74, 6) is -0.0658. The number of carbonyl (C=O) groups excluding carboxylic acids is 1. The second-order valence-electron chi connectivity index (χ2n) is 3.76. The van der Waals surface area contributed by atoms with E-state index in [1.165, 1.54) is 11.3 Å². The van der Waals surface area contributed by atoms with Crippen LogP contribution in [0, 0.1) is 0 Å². The topological polar surface area (TPSA) is 77.2 Å². The molecule has 1 aliphatic heterocycles. The van der Waals surface area contributed by atoms with Crippen LogP contribution in [0.3, 0.4) is 0 Å². The van der Waals surface area contributed by atoms with E-state index in [4.69, 9.17) is 10.5 Å². The van der Waals surface area contributed by atoms with Crippen LogP contribution in [-0.4, -0.2) is 29.6 Å². The molecule has 2 heterocycles. The summed E-state index contributed by atoms with van der Waals surface area (Å²) in [7, 11) is 0. The highest BCUT2D eigenvalue weighted by atomic mass is 32.1. The van der Waals surface area contributed by atoms with Crippen LogP contribution in [0.2, 0.25) is 0 Å². The van der Waals surface area contributed by atoms with Crippen LogP contribution < -0.4 is 11.1 Å². The third-order valence-electron chi connectivity index (χ3n) is 2.59. The molecule has 1 aliphatic rings. The normalized spacial score (nSPS) is 24.6. The molecule has 1 aromatic heterocycles. The summed E-state index contributed by atoms with van der Waals surface area (Å²) in [4.78, 5) is 15.8. The van der Waals surface area contributed by atoms with Gasteiger partial charge in [0.05, 0.1) is 23.9 Å². The van der Waals surface area contributed by atoms with E-state index in [-0.39, 0.29) is 18.1 Å². The van der Waals surface area contributed by atoms with E-state index in [0.29, 0.717) is 13.1 Å². The van der Waals surface area contributed by atoms with Crippen molar-refractivity contribution in [3.05, 3.63) is 16.6 Å². The number of nitrogens with one attached hydrogen (secondary N) is 1. The van der Waals surface area contributed by atoms with Gasteiger partial charge in [-0.3, -0.25) is 4.79 Å². The molecule has 0 saturated carbocycles. The average Bonchev–Trinajstić information content (AvgIpc) is 2.96. The lowest BCUT2D eigenvalue weighted by atomic mass is 10.2. The highest BCUT2D eigenvalue weighted by molar-refractivity contribution is 7.07. The van der Waals surface area contributed by atoms with Crippen LogP contribution >= 0.6 is 11.3 Å². The minimum Gasteiger partial charge on any atom is -0.364 e. The first kappa shape index (κ1) is 11.5. The highest BCUT2D eigenvalue weighted by Gasteiger charge is 2.29. The van der Waals surface area contributed by atoms with Crippen molar-refractivity contribution in [1.82, 2.24) is 10.3 Å². The van der Waals surface area contributed by atoms with E-state index in [9.17, 15) is 4.79 Å². The van der Waals surface area contributed by atoms with Gasteiger partial charge in [0, 0.05) is 11.9 Å². The lowest BCUT2D eigenvalue weighted by Crippen LogP contribution is -2.35. The fourth-order valence-corrected chi connectivity index (χ4v) is 2.25. The Morgan fingerprint density at radius 1 is 1.69 bits per heavy atom. The summed E-state index contributed by atoms with van der Waals surface area (Å²) in [6.45, 7) is 0.950. The molecular formula is C10H15N3O2S. The molecule has 0 bridgehead atoms. The number of nitrogens with two attached hydrogens (primary N) is 1. The van der Waals surface area contributed by atoms with Crippen molar-refractivity contribution in [3.63, 3.8) is 0 Å². The summed E-state index contributed by atoms with van der Waals surface area (Å²) in [5, 5.41) is 4.73. The molecule has 0 aromatic carbocycles. The Morgan fingerprint density at radius 2 is 2.56 bits per heavy atom. The number of ether oxygens (including phenoxy) is 1. The molecule has 2 unspecified atom stereocenters. The molecule has 2 atom stereocenters. The second-order valence-corrected chi connectivity index (χ2v) is 4.48. The van der Waals surface area contributed by atoms with Gasteiger partial charge in [0.1, 0.15) is 6.10 Å². The quantitative estimate of drug-likeness (QED) is 0.793. The fraction of sp³-hybridized carbons (Fsp3) is 0.600. The van der Waals surface area contributed by atoms with Gasteiger partial charge >= 0.3 is 0 Å². The minimum absolute atomic E-state index is 0.0371. The maximum absolute atomic E-state index is 11.7. The number of aromatic nitrogens is 1. The first-order valence-corrected chi connectivity index (χ1v) is 6.24. The monoisotopic (exact) mass is 241 g/mol. The molecule has 3 N–H and O–H groups in total. The maximum atomic E-state index is 11.7. The largest absolute Gasteiger partial charge is 0.364 e. The molecule has 16 heavy (non-hydrogen) atoms. The van der Waals surface area contributed by atoms with Crippen molar-refractivity contribution >= 4 is 17.2 Å². The Kier molecular flexibility index (Phi) is 3.87. The zero-order valence-corrected chi connectivity index (χ0v) is 9.70. The molecular weight excluding hydrogens is 226 g/mol. The second kappa shape index (κ2) is 5.38. The van der Waals surface area contributed by atoms with Gasteiger partial charge < -0.3 is 15.8 Å². The summed E-state index contributed by atoms with van der Waals surface area (Å²) in [6.07, 6.45) is 1.32. The lowest BCUT2D eigenvalue weighted by molar-refractivity contribution is -0.132. The van der Waals surface area contributed by atoms with Crippen LogP contribution in [-0.2, 0) is 16.1 Å². The third kappa shape index (κ3) is 2.78. The third-order valence-corrected chi connectivity index (χ3v) is 3.23. The van der Waals surface area contributed by atoms with Gasteiger partial charge in [-0.05, 0) is 12.8 Å². The zero-order valence-electron chi connectivity index (χ0n) is 8.89. The van der Waals surface area contributed by atoms with Crippen molar-refractivity contribution in [2.75, 3.05) is 6.54 Å². The van der Waals surface area contributed by atoms with Gasteiger partial charge in [-0.1, -0.05) is 0 Å². The van der Waals surface area contributed by atoms with Crippen LogP contribution in [0.25, 0.3) is 0 Å². The van der Waals surface area contributed by atoms with Crippen molar-refractivity contribution < 1.29 is 9.53 Å². The summed E-state index contributed by atoms with van der Waals surface area (Å²) >= 11 is 1.52. The Bertz CT molecular complexity index is 342. The molecule has 0 radical (unpaired) electrons. The van der Waals surface area contributed by atoms with Crippen LogP contribution in [0.5, 0.6) is 0 Å². The SMILES string of the molecule is NCC1CCC(C(=O)NCc2cscn2)O1. The average molecular weight is 241 g/mol. The summed E-state index contributed by atoms with van der Waals surface area (Å²) in [6, 6.07) is 0. The maximum Gasteiger partial charge on any atom is 0.249 e. The van der Waals surface area contributed by atoms with Crippen molar-refractivity contribution in [3.8, 4) is 0 Å². The van der Waals surface area contributed by atoms with Gasteiger partial charge in [-0.2, -0.15) is 0 Å². The standard InChI is InChI=1S/C10H15N3O2S/c11-3-8-1-2-9(15-8)10(14)12-4-7-5-16-6-13-7/h5-6,8-9H,1-4,11H2,(H,12,14). The Labute approximate surface area is 98.0 Å². The smallest absolute Gasteiger partial charge is 0.249 e. The molecule has 2 rings (SSSR count). The Morgan fingerprint density at radius 3 is 3.19 bits per heavy atom. The van der Waals surface area contributed by atoms with Crippen molar-refractivity contribution in [2.45, 2.75) is 31.6 Å². The molecule has 88 valence electrons. The molecule has 1 amide bonds. The number of nitrogens with zero attached hydrogens (tertiary/aromatic N) is 1. The molecule has 1 aromatic rings. The molecule has 0 spiro atoms. The van der Waals surface area contributed by atoms with E-state index in [0.717, 1.165) is 18.5 Å². The van der Waals surface area contributed by atoms with E-state index in [1.807, 2.05) is 5.38 Å². The zero-order chi connectivity index (χ0) is 11.4. The van der Waals surface area contributed by atoms with E-state index in [1.54, 1.807) is 5.51 Å². The first-order valence-electron chi connectivity index (χ1n) is 5.30. The Hall–Kier alpha value is -0.980. The fourth-order valence-electron chi connectivity index (χ4n) is 1.69. The van der Waals surface area contributed by atoms with Gasteiger partial charge in [0.15, 0.2) is 0 Å². The van der Waals surface area contributed by atoms with Gasteiger partial charge in [-0.25, -0.2) is 4.98 Å². The number of hydrogen-bond acceptors (Lipinski definition) is 5. The van der Waals surface area contributed by atoms with E-state index >= 15 is 0 Å². The molecule has 1 saturated heterocycles. The van der Waals surface area contributed by atoms with Gasteiger partial charge in [-0.15, -0.1) is 11.3 Å². The summed E-state index contributed by atoms with van der Waals surface area (Å²) in [5.41, 5.74) is 8.11. The number of rotatable bonds is 4. The van der Waals surface area contributed by atoms with Crippen molar-refractivity contribution in [2.24, 2.45) is 5.73 Å². The van der Waals surface area contributed by atoms with E-state index < -0.39 is 0 Å². The van der Waals surface area contributed by atoms with Crippen LogP contribution in [0.15, 0.2) is 10.9 Å².